The van der Waals surface area contributed by atoms with E-state index in [9.17, 15) is 9.59 Å². The Bertz CT molecular complexity index is 808. The maximum atomic E-state index is 12.2. The summed E-state index contributed by atoms with van der Waals surface area (Å²) in [6, 6.07) is 5.42. The van der Waals surface area contributed by atoms with Crippen molar-refractivity contribution in [1.29, 1.82) is 0 Å². The lowest BCUT2D eigenvalue weighted by atomic mass is 10.1. The minimum Gasteiger partial charge on any atom is -0.465 e. The van der Waals surface area contributed by atoms with Crippen molar-refractivity contribution in [2.24, 2.45) is 0 Å². The molecule has 24 heavy (non-hydrogen) atoms. The van der Waals surface area contributed by atoms with Crippen LogP contribution in [0.1, 0.15) is 23.0 Å². The summed E-state index contributed by atoms with van der Waals surface area (Å²) in [5.74, 6) is -0.137. The van der Waals surface area contributed by atoms with Crippen LogP contribution in [0.15, 0.2) is 24.4 Å². The number of carbonyl (C=O) groups is 2. The molecule has 0 radical (unpaired) electrons. The molecule has 2 aromatic rings. The van der Waals surface area contributed by atoms with Crippen LogP contribution in [0.25, 0.3) is 11.1 Å². The van der Waals surface area contributed by atoms with Crippen molar-refractivity contribution < 1.29 is 14.7 Å². The lowest BCUT2D eigenvalue weighted by Gasteiger charge is -2.27. The topological polar surface area (TPSA) is 96.2 Å². The summed E-state index contributed by atoms with van der Waals surface area (Å²) in [7, 11) is 0. The minimum absolute atomic E-state index is 0.0116. The summed E-state index contributed by atoms with van der Waals surface area (Å²) >= 11 is 8.17. The number of hydrogen-bond donors (Lipinski definition) is 3. The molecule has 7 nitrogen and oxygen atoms in total. The van der Waals surface area contributed by atoms with Crippen LogP contribution in [0.3, 0.4) is 0 Å². The van der Waals surface area contributed by atoms with Gasteiger partial charge in [-0.3, -0.25) is 4.79 Å². The summed E-state index contributed by atoms with van der Waals surface area (Å²) in [5.41, 5.74) is 2.36. The van der Waals surface area contributed by atoms with E-state index in [1.807, 2.05) is 16.7 Å². The van der Waals surface area contributed by atoms with Crippen molar-refractivity contribution in [1.82, 2.24) is 20.2 Å². The van der Waals surface area contributed by atoms with Crippen LogP contribution in [0.4, 0.5) is 4.79 Å². The third kappa shape index (κ3) is 3.34. The number of carboxylic acid groups (broad SMARTS) is 1. The van der Waals surface area contributed by atoms with Crippen LogP contribution >= 0.6 is 34.2 Å². The molecule has 0 saturated heterocycles. The van der Waals surface area contributed by atoms with Crippen molar-refractivity contribution in [3.05, 3.63) is 38.9 Å². The molecule has 1 aliphatic rings. The minimum atomic E-state index is -1.05. The van der Waals surface area contributed by atoms with E-state index in [1.165, 1.54) is 0 Å². The zero-order valence-electron chi connectivity index (χ0n) is 12.4. The van der Waals surface area contributed by atoms with Crippen LogP contribution in [0, 0.1) is 3.70 Å². The molecule has 0 fully saturated rings. The molecule has 9 heteroatoms. The number of rotatable bonds is 4. The molecule has 1 atom stereocenters. The SMILES string of the molecule is O=C(O)NCCC1CNC(=O)c2cc(-c3ccnc(Cl)c3)c(I)n21. The molecule has 2 amide bonds. The lowest BCUT2D eigenvalue weighted by molar-refractivity contribution is 0.0911. The monoisotopic (exact) mass is 460 g/mol. The molecule has 0 aliphatic carbocycles. The highest BCUT2D eigenvalue weighted by molar-refractivity contribution is 14.1. The zero-order valence-corrected chi connectivity index (χ0v) is 15.3. The summed E-state index contributed by atoms with van der Waals surface area (Å²) in [5, 5.41) is 14.3. The molecule has 0 spiro atoms. The number of halogens is 2. The molecule has 0 bridgehead atoms. The van der Waals surface area contributed by atoms with E-state index >= 15 is 0 Å². The van der Waals surface area contributed by atoms with Gasteiger partial charge in [-0.25, -0.2) is 9.78 Å². The molecular weight excluding hydrogens is 447 g/mol. The fraction of sp³-hybridized carbons (Fsp3) is 0.267. The average Bonchev–Trinajstić information content (AvgIpc) is 2.88. The Morgan fingerprint density at radius 1 is 1.54 bits per heavy atom. The smallest absolute Gasteiger partial charge is 0.404 e. The predicted octanol–water partition coefficient (Wildman–Crippen LogP) is 2.75. The molecule has 0 aromatic carbocycles. The Hall–Kier alpha value is -1.81. The van der Waals surface area contributed by atoms with Crippen LogP contribution in [0.5, 0.6) is 0 Å². The summed E-state index contributed by atoms with van der Waals surface area (Å²) in [6.45, 7) is 0.786. The van der Waals surface area contributed by atoms with Crippen LogP contribution < -0.4 is 10.6 Å². The van der Waals surface area contributed by atoms with Crippen LogP contribution in [0.2, 0.25) is 5.15 Å². The van der Waals surface area contributed by atoms with E-state index in [4.69, 9.17) is 16.7 Å². The third-order valence-electron chi connectivity index (χ3n) is 3.86. The average molecular weight is 461 g/mol. The van der Waals surface area contributed by atoms with Crippen molar-refractivity contribution in [3.8, 4) is 11.1 Å². The van der Waals surface area contributed by atoms with E-state index in [-0.39, 0.29) is 11.9 Å². The molecule has 2 aromatic heterocycles. The predicted molar refractivity (Wildman–Crippen MR) is 97.4 cm³/mol. The first-order valence-electron chi connectivity index (χ1n) is 7.25. The second-order valence-electron chi connectivity index (χ2n) is 5.36. The second kappa shape index (κ2) is 6.98. The molecule has 3 heterocycles. The summed E-state index contributed by atoms with van der Waals surface area (Å²) in [4.78, 5) is 26.8. The number of nitrogens with zero attached hydrogens (tertiary/aromatic N) is 2. The van der Waals surface area contributed by atoms with Gasteiger partial charge in [0.15, 0.2) is 0 Å². The van der Waals surface area contributed by atoms with E-state index in [1.54, 1.807) is 12.3 Å². The van der Waals surface area contributed by atoms with E-state index < -0.39 is 6.09 Å². The fourth-order valence-electron chi connectivity index (χ4n) is 2.77. The van der Waals surface area contributed by atoms with Gasteiger partial charge in [0.25, 0.3) is 5.91 Å². The number of aromatic nitrogens is 2. The highest BCUT2D eigenvalue weighted by atomic mass is 127. The maximum absolute atomic E-state index is 12.2. The fourth-order valence-corrected chi connectivity index (χ4v) is 4.07. The maximum Gasteiger partial charge on any atom is 0.404 e. The van der Waals surface area contributed by atoms with Gasteiger partial charge < -0.3 is 20.3 Å². The quantitative estimate of drug-likeness (QED) is 0.483. The van der Waals surface area contributed by atoms with Crippen molar-refractivity contribution in [2.45, 2.75) is 12.5 Å². The lowest BCUT2D eigenvalue weighted by Crippen LogP contribution is -2.40. The van der Waals surface area contributed by atoms with Crippen LogP contribution in [-0.4, -0.2) is 39.7 Å². The Morgan fingerprint density at radius 3 is 3.04 bits per heavy atom. The standard InChI is InChI=1S/C15H14ClIN4O3/c16-12-5-8(1-3-18-12)10-6-11-14(22)20-7-9(21(11)13(10)17)2-4-19-15(23)24/h1,3,5-6,9,19H,2,4,7H2,(H,20,22)(H,23,24). The number of hydrogen-bond acceptors (Lipinski definition) is 3. The van der Waals surface area contributed by atoms with Crippen molar-refractivity contribution in [3.63, 3.8) is 0 Å². The number of pyridine rings is 1. The second-order valence-corrected chi connectivity index (χ2v) is 6.76. The number of fused-ring (bicyclic) bond motifs is 1. The number of amides is 2. The summed E-state index contributed by atoms with van der Waals surface area (Å²) in [6.07, 6.45) is 1.16. The van der Waals surface area contributed by atoms with Gasteiger partial charge in [0.1, 0.15) is 10.8 Å². The van der Waals surface area contributed by atoms with Gasteiger partial charge in [-0.2, -0.15) is 0 Å². The Labute approximate surface area is 156 Å². The third-order valence-corrected chi connectivity index (χ3v) is 5.17. The number of nitrogens with one attached hydrogen (secondary N) is 2. The Balaban J connectivity index is 1.96. The molecule has 126 valence electrons. The zero-order chi connectivity index (χ0) is 17.3. The highest BCUT2D eigenvalue weighted by Gasteiger charge is 2.29. The Kier molecular flexibility index (Phi) is 4.95. The molecule has 1 unspecified atom stereocenters. The van der Waals surface area contributed by atoms with Gasteiger partial charge in [-0.15, -0.1) is 0 Å². The molecule has 1 aliphatic heterocycles. The van der Waals surface area contributed by atoms with Crippen molar-refractivity contribution >= 4 is 46.2 Å². The van der Waals surface area contributed by atoms with Gasteiger partial charge in [-0.1, -0.05) is 11.6 Å². The van der Waals surface area contributed by atoms with Gasteiger partial charge in [0.05, 0.1) is 9.74 Å². The Morgan fingerprint density at radius 2 is 2.33 bits per heavy atom. The number of carbonyl (C=O) groups excluding carboxylic acids is 1. The van der Waals surface area contributed by atoms with E-state index in [0.717, 1.165) is 14.8 Å². The highest BCUT2D eigenvalue weighted by Crippen LogP contribution is 2.34. The van der Waals surface area contributed by atoms with Gasteiger partial charge in [0.2, 0.25) is 0 Å². The molecule has 3 rings (SSSR count). The first-order chi connectivity index (χ1) is 11.5. The van der Waals surface area contributed by atoms with Gasteiger partial charge in [0, 0.05) is 24.8 Å². The van der Waals surface area contributed by atoms with Crippen molar-refractivity contribution in [2.75, 3.05) is 13.1 Å². The molecule has 0 saturated carbocycles. The largest absolute Gasteiger partial charge is 0.465 e. The first kappa shape index (κ1) is 17.0. The van der Waals surface area contributed by atoms with Gasteiger partial charge >= 0.3 is 6.09 Å². The first-order valence-corrected chi connectivity index (χ1v) is 8.70. The van der Waals surface area contributed by atoms with Gasteiger partial charge in [-0.05, 0) is 52.8 Å². The molecular formula is C15H14ClIN4O3. The normalized spacial score (nSPS) is 16.4. The van der Waals surface area contributed by atoms with Crippen LogP contribution in [-0.2, 0) is 0 Å². The van der Waals surface area contributed by atoms with E-state index in [0.29, 0.717) is 30.4 Å². The molecule has 3 N–H and O–H groups in total. The summed E-state index contributed by atoms with van der Waals surface area (Å²) < 4.78 is 2.88. The van der Waals surface area contributed by atoms with E-state index in [2.05, 4.69) is 38.2 Å².